The van der Waals surface area contributed by atoms with Crippen LogP contribution in [0.4, 0.5) is 5.69 Å². The molecule has 0 unspecified atom stereocenters. The second-order valence-corrected chi connectivity index (χ2v) is 5.75. The van der Waals surface area contributed by atoms with Gasteiger partial charge in [0, 0.05) is 10.2 Å². The predicted molar refractivity (Wildman–Crippen MR) is 73.4 cm³/mol. The molecule has 1 saturated heterocycles. The molecule has 0 aromatic heterocycles. The van der Waals surface area contributed by atoms with Crippen LogP contribution in [0.1, 0.15) is 19.4 Å². The maximum absolute atomic E-state index is 11.9. The molecule has 98 valence electrons. The highest BCUT2D eigenvalue weighted by molar-refractivity contribution is 9.10. The van der Waals surface area contributed by atoms with Crippen molar-refractivity contribution in [2.24, 2.45) is 0 Å². The van der Waals surface area contributed by atoms with Crippen molar-refractivity contribution in [3.05, 3.63) is 28.2 Å². The van der Waals surface area contributed by atoms with Crippen molar-refractivity contribution < 1.29 is 9.59 Å². The lowest BCUT2D eigenvalue weighted by atomic mass is 9.97. The Balaban J connectivity index is 2.50. The summed E-state index contributed by atoms with van der Waals surface area (Å²) in [4.78, 5) is 25.1. The first-order valence-corrected chi connectivity index (χ1v) is 6.46. The number of carbonyl (C=O) groups excluding carboxylic acids is 2. The summed E-state index contributed by atoms with van der Waals surface area (Å²) < 4.78 is 0.732. The van der Waals surface area contributed by atoms with Crippen molar-refractivity contribution >= 4 is 33.4 Å². The molecule has 5 nitrogen and oxygen atoms in total. The van der Waals surface area contributed by atoms with Crippen LogP contribution in [0.5, 0.6) is 0 Å². The van der Waals surface area contributed by atoms with Gasteiger partial charge in [0.25, 0.3) is 5.91 Å². The average Bonchev–Trinajstić information content (AvgIpc) is 2.33. The SMILES string of the molecule is CC1(C)C(=O)NC(=O)CN1c1cc(Br)cc(C#N)c1. The van der Waals surface area contributed by atoms with Crippen LogP contribution >= 0.6 is 15.9 Å². The Kier molecular flexibility index (Phi) is 3.33. The third-order valence-electron chi connectivity index (χ3n) is 3.11. The topological polar surface area (TPSA) is 73.2 Å². The van der Waals surface area contributed by atoms with Crippen LogP contribution in [0.25, 0.3) is 0 Å². The van der Waals surface area contributed by atoms with Gasteiger partial charge in [0.05, 0.1) is 18.2 Å². The Labute approximate surface area is 119 Å². The van der Waals surface area contributed by atoms with Crippen LogP contribution in [0, 0.1) is 11.3 Å². The molecule has 0 atom stereocenters. The molecule has 2 rings (SSSR count). The number of halogens is 1. The minimum atomic E-state index is -0.846. The fourth-order valence-electron chi connectivity index (χ4n) is 1.99. The van der Waals surface area contributed by atoms with E-state index in [1.165, 1.54) is 0 Å². The van der Waals surface area contributed by atoms with E-state index in [0.29, 0.717) is 11.3 Å². The first-order valence-electron chi connectivity index (χ1n) is 5.67. The molecule has 1 aliphatic rings. The molecule has 19 heavy (non-hydrogen) atoms. The quantitative estimate of drug-likeness (QED) is 0.797. The molecule has 1 heterocycles. The van der Waals surface area contributed by atoms with E-state index in [4.69, 9.17) is 5.26 Å². The summed E-state index contributed by atoms with van der Waals surface area (Å²) in [6.07, 6.45) is 0. The van der Waals surface area contributed by atoms with Crippen molar-refractivity contribution in [3.63, 3.8) is 0 Å². The zero-order chi connectivity index (χ0) is 14.2. The predicted octanol–water partition coefficient (Wildman–Crippen LogP) is 1.56. The minimum Gasteiger partial charge on any atom is -0.348 e. The van der Waals surface area contributed by atoms with Crippen LogP contribution in [-0.4, -0.2) is 23.9 Å². The highest BCUT2D eigenvalue weighted by Gasteiger charge is 2.41. The van der Waals surface area contributed by atoms with Gasteiger partial charge in [-0.3, -0.25) is 14.9 Å². The number of rotatable bonds is 1. The third kappa shape index (κ3) is 2.47. The van der Waals surface area contributed by atoms with Crippen molar-refractivity contribution in [2.75, 3.05) is 11.4 Å². The lowest BCUT2D eigenvalue weighted by Crippen LogP contribution is -2.64. The second kappa shape index (κ2) is 4.67. The monoisotopic (exact) mass is 321 g/mol. The normalized spacial score (nSPS) is 17.9. The number of amides is 2. The van der Waals surface area contributed by atoms with E-state index in [1.54, 1.807) is 36.9 Å². The van der Waals surface area contributed by atoms with Gasteiger partial charge in [0.15, 0.2) is 0 Å². The lowest BCUT2D eigenvalue weighted by molar-refractivity contribution is -0.135. The van der Waals surface area contributed by atoms with Gasteiger partial charge >= 0.3 is 0 Å². The Morgan fingerprint density at radius 1 is 1.37 bits per heavy atom. The third-order valence-corrected chi connectivity index (χ3v) is 3.57. The van der Waals surface area contributed by atoms with Crippen LogP contribution < -0.4 is 10.2 Å². The van der Waals surface area contributed by atoms with Crippen molar-refractivity contribution in [1.82, 2.24) is 5.32 Å². The number of carbonyl (C=O) groups is 2. The van der Waals surface area contributed by atoms with E-state index in [0.717, 1.165) is 4.47 Å². The van der Waals surface area contributed by atoms with Gasteiger partial charge < -0.3 is 4.90 Å². The summed E-state index contributed by atoms with van der Waals surface area (Å²) in [6.45, 7) is 3.56. The fourth-order valence-corrected chi connectivity index (χ4v) is 2.47. The number of piperazine rings is 1. The second-order valence-electron chi connectivity index (χ2n) is 4.83. The van der Waals surface area contributed by atoms with E-state index in [-0.39, 0.29) is 18.4 Å². The fraction of sp³-hybridized carbons (Fsp3) is 0.308. The van der Waals surface area contributed by atoms with Crippen molar-refractivity contribution in [1.29, 1.82) is 5.26 Å². The molecule has 6 heteroatoms. The van der Waals surface area contributed by atoms with E-state index in [1.807, 2.05) is 0 Å². The number of nitriles is 1. The molecule has 1 aromatic carbocycles. The molecule has 0 aliphatic carbocycles. The summed E-state index contributed by atoms with van der Waals surface area (Å²) in [5.74, 6) is -0.690. The molecule has 1 aromatic rings. The Morgan fingerprint density at radius 2 is 2.05 bits per heavy atom. The molecule has 0 saturated carbocycles. The van der Waals surface area contributed by atoms with E-state index >= 15 is 0 Å². The smallest absolute Gasteiger partial charge is 0.251 e. The van der Waals surface area contributed by atoms with E-state index in [2.05, 4.69) is 27.3 Å². The van der Waals surface area contributed by atoms with Gasteiger partial charge in [-0.25, -0.2) is 0 Å². The number of nitrogens with zero attached hydrogens (tertiary/aromatic N) is 2. The average molecular weight is 322 g/mol. The van der Waals surface area contributed by atoms with Crippen LogP contribution in [0.3, 0.4) is 0 Å². The molecule has 0 spiro atoms. The van der Waals surface area contributed by atoms with Gasteiger partial charge in [-0.2, -0.15) is 5.26 Å². The van der Waals surface area contributed by atoms with Gasteiger partial charge in [-0.1, -0.05) is 15.9 Å². The highest BCUT2D eigenvalue weighted by atomic mass is 79.9. The summed E-state index contributed by atoms with van der Waals surface area (Å²) >= 11 is 3.32. The molecule has 2 amide bonds. The Hall–Kier alpha value is -1.87. The number of hydrogen-bond acceptors (Lipinski definition) is 4. The molecule has 1 aliphatic heterocycles. The zero-order valence-corrected chi connectivity index (χ0v) is 12.1. The number of benzene rings is 1. The number of anilines is 1. The number of imide groups is 1. The minimum absolute atomic E-state index is 0.0834. The lowest BCUT2D eigenvalue weighted by Gasteiger charge is -2.41. The standard InChI is InChI=1S/C13H12BrN3O2/c1-13(2)12(19)16-11(18)7-17(13)10-4-8(6-15)3-9(14)5-10/h3-5H,7H2,1-2H3,(H,16,18,19). The summed E-state index contributed by atoms with van der Waals surface area (Å²) in [5, 5.41) is 11.3. The van der Waals surface area contributed by atoms with Crippen molar-refractivity contribution in [2.45, 2.75) is 19.4 Å². The maximum Gasteiger partial charge on any atom is 0.251 e. The van der Waals surface area contributed by atoms with Crippen LogP contribution in [-0.2, 0) is 9.59 Å². The summed E-state index contributed by atoms with van der Waals surface area (Å²) in [7, 11) is 0. The van der Waals surface area contributed by atoms with Gasteiger partial charge in [0.2, 0.25) is 5.91 Å². The first-order chi connectivity index (χ1) is 8.84. The summed E-state index contributed by atoms with van der Waals surface area (Å²) in [6, 6.07) is 7.19. The molecular weight excluding hydrogens is 310 g/mol. The first kappa shape index (κ1) is 13.6. The van der Waals surface area contributed by atoms with Crippen LogP contribution in [0.15, 0.2) is 22.7 Å². The number of hydrogen-bond donors (Lipinski definition) is 1. The molecule has 1 N–H and O–H groups in total. The molecule has 0 radical (unpaired) electrons. The van der Waals surface area contributed by atoms with Gasteiger partial charge in [-0.15, -0.1) is 0 Å². The van der Waals surface area contributed by atoms with Gasteiger partial charge in [0.1, 0.15) is 5.54 Å². The molecule has 1 fully saturated rings. The number of nitrogens with one attached hydrogen (secondary N) is 1. The van der Waals surface area contributed by atoms with E-state index < -0.39 is 5.54 Å². The Bertz CT molecular complexity index is 604. The molecule has 0 bridgehead atoms. The van der Waals surface area contributed by atoms with Crippen LogP contribution in [0.2, 0.25) is 0 Å². The molecular formula is C13H12BrN3O2. The van der Waals surface area contributed by atoms with Gasteiger partial charge in [-0.05, 0) is 32.0 Å². The zero-order valence-electron chi connectivity index (χ0n) is 10.5. The Morgan fingerprint density at radius 3 is 2.68 bits per heavy atom. The maximum atomic E-state index is 11.9. The largest absolute Gasteiger partial charge is 0.348 e. The van der Waals surface area contributed by atoms with E-state index in [9.17, 15) is 9.59 Å². The van der Waals surface area contributed by atoms with Crippen molar-refractivity contribution in [3.8, 4) is 6.07 Å². The highest BCUT2D eigenvalue weighted by Crippen LogP contribution is 2.29. The summed E-state index contributed by atoms with van der Waals surface area (Å²) in [5.41, 5.74) is 0.291.